The smallest absolute Gasteiger partial charge is 0.246 e. The molecule has 2 aromatic heterocycles. The number of carbonyl (C=O) groups excluding carboxylic acids is 3. The summed E-state index contributed by atoms with van der Waals surface area (Å²) in [4.78, 5) is 43.5. The number of likely N-dealkylation sites (tertiary alicyclic amines) is 1. The van der Waals surface area contributed by atoms with Crippen LogP contribution >= 0.6 is 23.6 Å². The lowest BCUT2D eigenvalue weighted by atomic mass is 9.85. The maximum absolute atomic E-state index is 12.7. The van der Waals surface area contributed by atoms with E-state index < -0.39 is 5.91 Å². The van der Waals surface area contributed by atoms with Crippen molar-refractivity contribution in [2.75, 3.05) is 11.9 Å². The first-order valence-corrected chi connectivity index (χ1v) is 11.3. The number of rotatable bonds is 7. The maximum atomic E-state index is 12.7. The summed E-state index contributed by atoms with van der Waals surface area (Å²) in [5.41, 5.74) is 0.727. The van der Waals surface area contributed by atoms with Gasteiger partial charge in [0.15, 0.2) is 9.90 Å². The van der Waals surface area contributed by atoms with Gasteiger partial charge in [0.1, 0.15) is 12.4 Å². The summed E-state index contributed by atoms with van der Waals surface area (Å²) in [7, 11) is 0. The zero-order valence-electron chi connectivity index (χ0n) is 16.5. The molecule has 1 aliphatic heterocycles. The average Bonchev–Trinajstić information content (AvgIpc) is 3.55. The molecule has 1 saturated carbocycles. The highest BCUT2D eigenvalue weighted by molar-refractivity contribution is 7.71. The third-order valence-corrected chi connectivity index (χ3v) is 7.27. The molecule has 0 unspecified atom stereocenters. The number of thiazole rings is 1. The maximum Gasteiger partial charge on any atom is 0.246 e. The lowest BCUT2D eigenvalue weighted by Crippen LogP contribution is -2.39. The molecule has 2 aliphatic carbocycles. The predicted octanol–water partition coefficient (Wildman–Crippen LogP) is 1.92. The molecule has 2 bridgehead atoms. The van der Waals surface area contributed by atoms with Crippen molar-refractivity contribution in [1.82, 2.24) is 24.6 Å². The van der Waals surface area contributed by atoms with Crippen molar-refractivity contribution in [1.29, 1.82) is 0 Å². The zero-order chi connectivity index (χ0) is 21.7. The van der Waals surface area contributed by atoms with Crippen LogP contribution in [0.5, 0.6) is 0 Å². The van der Waals surface area contributed by atoms with Crippen molar-refractivity contribution in [2.24, 2.45) is 23.7 Å². The number of anilines is 1. The van der Waals surface area contributed by atoms with Gasteiger partial charge in [0.2, 0.25) is 17.7 Å². The van der Waals surface area contributed by atoms with E-state index in [1.54, 1.807) is 6.08 Å². The number of hydrogen-bond donors (Lipinski definition) is 2. The minimum absolute atomic E-state index is 0.127. The van der Waals surface area contributed by atoms with Crippen molar-refractivity contribution < 1.29 is 14.4 Å². The average molecular weight is 457 g/mol. The summed E-state index contributed by atoms with van der Waals surface area (Å²) < 4.78 is 2.33. The van der Waals surface area contributed by atoms with Gasteiger partial charge in [-0.25, -0.2) is 4.98 Å². The molecule has 3 amide bonds. The molecule has 5 rings (SSSR count). The fraction of sp³-hybridized carbons (Fsp3) is 0.400. The molecular formula is C20H20N6O3S2. The Kier molecular flexibility index (Phi) is 4.94. The molecular weight excluding hydrogens is 436 g/mol. The minimum Gasteiger partial charge on any atom is -0.300 e. The number of aromatic nitrogens is 4. The lowest BCUT2D eigenvalue weighted by molar-refractivity contribution is -0.143. The number of aromatic amines is 1. The van der Waals surface area contributed by atoms with Crippen LogP contribution in [0.15, 0.2) is 30.2 Å². The number of H-pyrrole nitrogens is 1. The molecule has 0 radical (unpaired) electrons. The van der Waals surface area contributed by atoms with E-state index in [-0.39, 0.29) is 42.0 Å². The first kappa shape index (κ1) is 20.0. The molecule has 11 heteroatoms. The zero-order valence-corrected chi connectivity index (χ0v) is 18.1. The normalized spacial score (nSPS) is 26.0. The highest BCUT2D eigenvalue weighted by Gasteiger charge is 2.59. The second-order valence-corrected chi connectivity index (χ2v) is 9.22. The van der Waals surface area contributed by atoms with Crippen LogP contribution in [0.25, 0.3) is 0 Å². The molecule has 3 heterocycles. The fourth-order valence-electron chi connectivity index (χ4n) is 4.83. The first-order chi connectivity index (χ1) is 15.0. The number of hydrogen-bond acceptors (Lipinski definition) is 7. The Labute approximate surface area is 186 Å². The lowest BCUT2D eigenvalue weighted by Gasteiger charge is -2.16. The van der Waals surface area contributed by atoms with Gasteiger partial charge in [0, 0.05) is 11.9 Å². The number of amides is 3. The summed E-state index contributed by atoms with van der Waals surface area (Å²) in [6.45, 7) is 3.98. The third-order valence-electron chi connectivity index (χ3n) is 6.15. The first-order valence-electron chi connectivity index (χ1n) is 9.99. The van der Waals surface area contributed by atoms with E-state index >= 15 is 0 Å². The second-order valence-electron chi connectivity index (χ2n) is 7.98. The van der Waals surface area contributed by atoms with E-state index in [0.717, 1.165) is 22.8 Å². The largest absolute Gasteiger partial charge is 0.300 e. The van der Waals surface area contributed by atoms with Gasteiger partial charge >= 0.3 is 0 Å². The number of nitrogens with zero attached hydrogens (tertiary/aromatic N) is 4. The van der Waals surface area contributed by atoms with Crippen LogP contribution in [0, 0.1) is 28.4 Å². The van der Waals surface area contributed by atoms with Gasteiger partial charge in [-0.1, -0.05) is 18.2 Å². The Hall–Kier alpha value is -2.92. The van der Waals surface area contributed by atoms with Crippen LogP contribution < -0.4 is 5.32 Å². The molecule has 0 spiro atoms. The Morgan fingerprint density at radius 3 is 2.71 bits per heavy atom. The summed E-state index contributed by atoms with van der Waals surface area (Å²) in [6.07, 6.45) is 7.10. The Morgan fingerprint density at radius 1 is 1.32 bits per heavy atom. The van der Waals surface area contributed by atoms with E-state index in [1.807, 2.05) is 22.1 Å². The van der Waals surface area contributed by atoms with Gasteiger partial charge in [-0.05, 0) is 30.5 Å². The molecule has 31 heavy (non-hydrogen) atoms. The van der Waals surface area contributed by atoms with Crippen LogP contribution in [0.3, 0.4) is 0 Å². The molecule has 4 atom stereocenters. The number of allylic oxidation sites excluding steroid dienone is 3. The predicted molar refractivity (Wildman–Crippen MR) is 116 cm³/mol. The summed E-state index contributed by atoms with van der Waals surface area (Å²) in [5, 5.41) is 11.9. The Balaban J connectivity index is 1.22. The molecule has 0 aromatic carbocycles. The Bertz CT molecular complexity index is 1150. The molecule has 2 aromatic rings. The monoisotopic (exact) mass is 456 g/mol. The van der Waals surface area contributed by atoms with Gasteiger partial charge in [-0.15, -0.1) is 17.9 Å². The van der Waals surface area contributed by atoms with Crippen LogP contribution in [0.4, 0.5) is 5.13 Å². The van der Waals surface area contributed by atoms with Gasteiger partial charge in [-0.2, -0.15) is 5.10 Å². The summed E-state index contributed by atoms with van der Waals surface area (Å²) in [5.74, 6) is -0.517. The molecule has 1 saturated heterocycles. The van der Waals surface area contributed by atoms with Crippen molar-refractivity contribution in [3.63, 3.8) is 0 Å². The molecule has 9 nitrogen and oxygen atoms in total. The van der Waals surface area contributed by atoms with Crippen LogP contribution in [0.2, 0.25) is 0 Å². The molecule has 2 N–H and O–H groups in total. The SMILES string of the molecule is C=CCn1c(Cc2csc(NC(=O)CN3C(=O)[C@@H]4[C@@H](C3=O)[C@H]3C=C[C@H]4C3)n2)n[nH]c1=S. The van der Waals surface area contributed by atoms with Crippen LogP contribution in [0.1, 0.15) is 17.9 Å². The molecule has 3 aliphatic rings. The van der Waals surface area contributed by atoms with Gasteiger partial charge < -0.3 is 5.32 Å². The standard InChI is InChI=1S/C20H20N6O3S2/c1-2-5-25-13(23-24-20(25)30)7-12-9-31-19(21-12)22-14(27)8-26-17(28)15-10-3-4-11(6-10)16(15)18(26)29/h2-4,9-11,15-16H,1,5-8H2,(H,24,30)(H,21,22,27)/t10-,11-,15-,16-/m0/s1. The number of nitrogens with one attached hydrogen (secondary N) is 2. The van der Waals surface area contributed by atoms with Crippen molar-refractivity contribution in [2.45, 2.75) is 19.4 Å². The second kappa shape index (κ2) is 7.65. The summed E-state index contributed by atoms with van der Waals surface area (Å²) >= 11 is 6.49. The highest BCUT2D eigenvalue weighted by atomic mass is 32.1. The van der Waals surface area contributed by atoms with Crippen molar-refractivity contribution >= 4 is 46.4 Å². The van der Waals surface area contributed by atoms with Crippen molar-refractivity contribution in [3.05, 3.63) is 46.5 Å². The third kappa shape index (κ3) is 3.37. The Morgan fingerprint density at radius 2 is 2.03 bits per heavy atom. The fourth-order valence-corrected chi connectivity index (χ4v) is 5.78. The van der Waals surface area contributed by atoms with E-state index in [0.29, 0.717) is 22.9 Å². The van der Waals surface area contributed by atoms with E-state index in [4.69, 9.17) is 12.2 Å². The highest BCUT2D eigenvalue weighted by Crippen LogP contribution is 2.52. The number of carbonyl (C=O) groups is 3. The van der Waals surface area contributed by atoms with Gasteiger partial charge in [-0.3, -0.25) is 28.9 Å². The van der Waals surface area contributed by atoms with E-state index in [9.17, 15) is 14.4 Å². The topological polar surface area (TPSA) is 113 Å². The van der Waals surface area contributed by atoms with E-state index in [1.165, 1.54) is 11.3 Å². The van der Waals surface area contributed by atoms with Crippen LogP contribution in [-0.4, -0.2) is 48.9 Å². The van der Waals surface area contributed by atoms with Gasteiger partial charge in [0.05, 0.1) is 24.0 Å². The molecule has 160 valence electrons. The summed E-state index contributed by atoms with van der Waals surface area (Å²) in [6, 6.07) is 0. The minimum atomic E-state index is -0.433. The number of imide groups is 1. The van der Waals surface area contributed by atoms with E-state index in [2.05, 4.69) is 27.1 Å². The van der Waals surface area contributed by atoms with Crippen molar-refractivity contribution in [3.8, 4) is 0 Å². The van der Waals surface area contributed by atoms with Crippen LogP contribution in [-0.2, 0) is 27.3 Å². The quantitative estimate of drug-likeness (QED) is 0.374. The number of fused-ring (bicyclic) bond motifs is 5. The molecule has 2 fully saturated rings. The van der Waals surface area contributed by atoms with Gasteiger partial charge in [0.25, 0.3) is 0 Å².